The number of amides is 2. The van der Waals surface area contributed by atoms with Crippen LogP contribution >= 0.6 is 35.1 Å². The van der Waals surface area contributed by atoms with Gasteiger partial charge in [0, 0.05) is 22.0 Å². The van der Waals surface area contributed by atoms with Gasteiger partial charge in [0.15, 0.2) is 5.17 Å². The highest BCUT2D eigenvalue weighted by molar-refractivity contribution is 8.15. The number of hydrogen-bond donors (Lipinski definition) is 5. The van der Waals surface area contributed by atoms with Gasteiger partial charge in [-0.05, 0) is 42.2 Å². The average Bonchev–Trinajstić information content (AvgIpc) is 3.16. The number of aliphatic imine (C=N–C) groups is 1. The molecule has 13 heteroatoms. The number of H-pyrrole nitrogens is 2. The fourth-order valence-corrected chi connectivity index (χ4v) is 5.07. The Morgan fingerprint density at radius 2 is 1.94 bits per heavy atom. The number of carbonyl (C=O) groups is 2. The number of halogens is 1. The molecule has 0 bridgehead atoms. The van der Waals surface area contributed by atoms with E-state index in [1.54, 1.807) is 42.1 Å². The van der Waals surface area contributed by atoms with Crippen LogP contribution in [0.1, 0.15) is 23.6 Å². The molecule has 10 nitrogen and oxygen atoms in total. The second kappa shape index (κ2) is 11.1. The Bertz CT molecular complexity index is 1450. The molecule has 186 valence electrons. The topological polar surface area (TPSA) is 157 Å². The molecule has 36 heavy (non-hydrogen) atoms. The molecule has 2 heterocycles. The molecule has 2 amide bonds. The van der Waals surface area contributed by atoms with Crippen LogP contribution in [0.2, 0.25) is 5.02 Å². The Hall–Kier alpha value is -3.48. The van der Waals surface area contributed by atoms with E-state index in [9.17, 15) is 24.3 Å². The van der Waals surface area contributed by atoms with Crippen LogP contribution in [0.3, 0.4) is 0 Å². The van der Waals surface area contributed by atoms with E-state index in [1.165, 1.54) is 0 Å². The number of aromatic hydroxyl groups is 1. The first-order valence-corrected chi connectivity index (χ1v) is 13.0. The van der Waals surface area contributed by atoms with Crippen LogP contribution in [0.4, 0.5) is 5.69 Å². The van der Waals surface area contributed by atoms with Crippen LogP contribution in [-0.4, -0.2) is 43.6 Å². The first kappa shape index (κ1) is 25.6. The minimum Gasteiger partial charge on any atom is -0.494 e. The molecule has 0 saturated carbocycles. The van der Waals surface area contributed by atoms with E-state index in [0.717, 1.165) is 16.7 Å². The summed E-state index contributed by atoms with van der Waals surface area (Å²) in [5.41, 5.74) is -0.821. The number of nitrogens with zero attached hydrogens (tertiary/aromatic N) is 1. The van der Waals surface area contributed by atoms with E-state index in [4.69, 9.17) is 11.6 Å². The van der Waals surface area contributed by atoms with Crippen molar-refractivity contribution in [3.63, 3.8) is 0 Å². The predicted octanol–water partition coefficient (Wildman–Crippen LogP) is 2.85. The van der Waals surface area contributed by atoms with E-state index in [1.807, 2.05) is 24.5 Å². The zero-order valence-electron chi connectivity index (χ0n) is 18.7. The Morgan fingerprint density at radius 1 is 1.19 bits per heavy atom. The molecule has 4 rings (SSSR count). The summed E-state index contributed by atoms with van der Waals surface area (Å²) in [6, 6.07) is 12.7. The van der Waals surface area contributed by atoms with Crippen LogP contribution in [-0.2, 0) is 9.59 Å². The van der Waals surface area contributed by atoms with Gasteiger partial charge in [-0.25, -0.2) is 9.79 Å². The van der Waals surface area contributed by atoms with Crippen molar-refractivity contribution in [2.45, 2.75) is 22.6 Å². The molecule has 5 N–H and O–H groups in total. The van der Waals surface area contributed by atoms with Crippen LogP contribution < -0.4 is 21.9 Å². The van der Waals surface area contributed by atoms with Crippen LogP contribution in [0.15, 0.2) is 68.0 Å². The van der Waals surface area contributed by atoms with Crippen molar-refractivity contribution in [1.29, 1.82) is 0 Å². The summed E-state index contributed by atoms with van der Waals surface area (Å²) in [7, 11) is 0. The number of rotatable bonds is 7. The number of aromatic nitrogens is 2. The molecule has 0 spiro atoms. The van der Waals surface area contributed by atoms with Gasteiger partial charge < -0.3 is 15.7 Å². The molecule has 1 aliphatic rings. The third-order valence-corrected chi connectivity index (χ3v) is 7.24. The molecule has 1 aliphatic heterocycles. The van der Waals surface area contributed by atoms with Crippen molar-refractivity contribution in [1.82, 2.24) is 15.3 Å². The van der Waals surface area contributed by atoms with E-state index in [2.05, 4.69) is 25.6 Å². The second-order valence-electron chi connectivity index (χ2n) is 7.64. The Morgan fingerprint density at radius 3 is 2.64 bits per heavy atom. The normalized spacial score (nSPS) is 17.1. The van der Waals surface area contributed by atoms with Crippen molar-refractivity contribution in [3.05, 3.63) is 85.5 Å². The molecular weight excluding hydrogens is 526 g/mol. The second-order valence-corrected chi connectivity index (χ2v) is 10.1. The number of aromatic amines is 2. The number of hydrogen-bond acceptors (Lipinski definition) is 8. The van der Waals surface area contributed by atoms with E-state index in [0.29, 0.717) is 16.3 Å². The number of carbonyl (C=O) groups excluding carboxylic acids is 2. The number of anilines is 1. The first-order chi connectivity index (χ1) is 17.2. The molecule has 0 aliphatic carbocycles. The van der Waals surface area contributed by atoms with Crippen molar-refractivity contribution in [2.24, 2.45) is 4.99 Å². The zero-order chi connectivity index (χ0) is 25.8. The molecule has 3 aromatic rings. The van der Waals surface area contributed by atoms with E-state index >= 15 is 0 Å². The number of nitrogens with one attached hydrogen (secondary N) is 4. The monoisotopic (exact) mass is 545 g/mol. The van der Waals surface area contributed by atoms with Gasteiger partial charge in [-0.15, -0.1) is 11.8 Å². The number of thioether (sulfide) groups is 2. The quantitative estimate of drug-likeness (QED) is 0.286. The van der Waals surface area contributed by atoms with Crippen molar-refractivity contribution in [3.8, 4) is 5.88 Å². The van der Waals surface area contributed by atoms with E-state index in [-0.39, 0.29) is 23.1 Å². The van der Waals surface area contributed by atoms with Crippen molar-refractivity contribution in [2.75, 3.05) is 11.6 Å². The maximum absolute atomic E-state index is 12.6. The fourth-order valence-electron chi connectivity index (χ4n) is 3.49. The highest BCUT2D eigenvalue weighted by Gasteiger charge is 2.33. The molecule has 0 unspecified atom stereocenters. The lowest BCUT2D eigenvalue weighted by Gasteiger charge is -2.14. The Kier molecular flexibility index (Phi) is 7.87. The molecule has 2 atom stereocenters. The lowest BCUT2D eigenvalue weighted by atomic mass is 10.0. The first-order valence-electron chi connectivity index (χ1n) is 10.5. The predicted molar refractivity (Wildman–Crippen MR) is 141 cm³/mol. The largest absolute Gasteiger partial charge is 0.494 e. The van der Waals surface area contributed by atoms with Crippen molar-refractivity contribution >= 4 is 57.8 Å². The number of amidine groups is 1. The van der Waals surface area contributed by atoms with Gasteiger partial charge in [-0.2, -0.15) is 0 Å². The van der Waals surface area contributed by atoms with Gasteiger partial charge in [-0.1, -0.05) is 41.6 Å². The summed E-state index contributed by atoms with van der Waals surface area (Å²) in [6.45, 7) is 0. The Labute approximate surface area is 218 Å². The van der Waals surface area contributed by atoms with Gasteiger partial charge in [0.05, 0.1) is 0 Å². The van der Waals surface area contributed by atoms with Crippen LogP contribution in [0.25, 0.3) is 0 Å². The van der Waals surface area contributed by atoms with Crippen molar-refractivity contribution < 1.29 is 14.7 Å². The van der Waals surface area contributed by atoms with Gasteiger partial charge in [0.1, 0.15) is 16.9 Å². The minimum absolute atomic E-state index is 0.102. The maximum atomic E-state index is 12.6. The molecule has 1 fully saturated rings. The van der Waals surface area contributed by atoms with Crippen LogP contribution in [0, 0.1) is 0 Å². The summed E-state index contributed by atoms with van der Waals surface area (Å²) >= 11 is 8.55. The summed E-state index contributed by atoms with van der Waals surface area (Å²) in [5, 5.41) is 15.6. The summed E-state index contributed by atoms with van der Waals surface area (Å²) in [6.07, 6.45) is 1.83. The highest BCUT2D eigenvalue weighted by Crippen LogP contribution is 2.32. The molecule has 0 radical (unpaired) electrons. The van der Waals surface area contributed by atoms with Gasteiger partial charge in [0.2, 0.25) is 17.7 Å². The van der Waals surface area contributed by atoms with Gasteiger partial charge in [0.25, 0.3) is 5.56 Å². The standard InChI is InChI=1S/C23H20ClN5O5S2/c1-35-14-4-2-3-13(9-14)25-16(30)10-15-19(31)29-23(36-15)26-18(11-5-7-12(24)8-6-11)17-20(32)27-22(34)28-21(17)33/h2-9,15,18H,10H2,1H3,(H,25,30)(H,26,29,31)(H3,27,28,32,33,34)/t15-,18-/m0/s1. The smallest absolute Gasteiger partial charge is 0.328 e. The zero-order valence-corrected chi connectivity index (χ0v) is 21.1. The SMILES string of the molecule is CSc1cccc(NC(=O)C[C@@H]2SC(=N[C@@H](c3ccc(Cl)cc3)c3c(O)[nH]c(=O)[nH]c3=O)NC2=O)c1. The highest BCUT2D eigenvalue weighted by atomic mass is 35.5. The average molecular weight is 546 g/mol. The van der Waals surface area contributed by atoms with Gasteiger partial charge in [-0.3, -0.25) is 24.4 Å². The molecule has 2 aromatic carbocycles. The van der Waals surface area contributed by atoms with Crippen LogP contribution in [0.5, 0.6) is 5.88 Å². The molecular formula is C23H20ClN5O5S2. The molecule has 1 saturated heterocycles. The maximum Gasteiger partial charge on any atom is 0.328 e. The third-order valence-electron chi connectivity index (χ3n) is 5.17. The lowest BCUT2D eigenvalue weighted by Crippen LogP contribution is -2.29. The molecule has 1 aromatic heterocycles. The van der Waals surface area contributed by atoms with E-state index < -0.39 is 34.3 Å². The lowest BCUT2D eigenvalue weighted by molar-refractivity contribution is -0.122. The third kappa shape index (κ3) is 6.01. The minimum atomic E-state index is -1.08. The summed E-state index contributed by atoms with van der Waals surface area (Å²) < 4.78 is 0. The fraction of sp³-hybridized carbons (Fsp3) is 0.174. The van der Waals surface area contributed by atoms with Gasteiger partial charge >= 0.3 is 5.69 Å². The summed E-state index contributed by atoms with van der Waals surface area (Å²) in [4.78, 5) is 58.9. The Balaban J connectivity index is 1.57. The summed E-state index contributed by atoms with van der Waals surface area (Å²) in [5.74, 6) is -1.40. The number of benzene rings is 2.